The second-order valence-corrected chi connectivity index (χ2v) is 4.84. The maximum atomic E-state index is 13.5. The Morgan fingerprint density at radius 3 is 2.74 bits per heavy atom. The number of hydrazine groups is 1. The highest BCUT2D eigenvalue weighted by atomic mass is 79.9. The van der Waals surface area contributed by atoms with E-state index in [0.717, 1.165) is 11.6 Å². The fourth-order valence-electron chi connectivity index (χ4n) is 1.82. The lowest BCUT2D eigenvalue weighted by atomic mass is 10.0. The van der Waals surface area contributed by atoms with Crippen LogP contribution in [-0.4, -0.2) is 4.98 Å². The summed E-state index contributed by atoms with van der Waals surface area (Å²) in [5.41, 5.74) is 4.11. The van der Waals surface area contributed by atoms with Crippen molar-refractivity contribution in [1.29, 1.82) is 0 Å². The maximum absolute atomic E-state index is 13.5. The predicted octanol–water partition coefficient (Wildman–Crippen LogP) is 2.87. The minimum absolute atomic E-state index is 0.0827. The van der Waals surface area contributed by atoms with Gasteiger partial charge in [0.25, 0.3) is 0 Å². The molecule has 0 saturated heterocycles. The number of benzene rings is 1. The Bertz CT molecular complexity index is 563. The topological polar surface area (TPSA) is 50.9 Å². The van der Waals surface area contributed by atoms with E-state index in [-0.39, 0.29) is 10.5 Å². The number of nitrogens with two attached hydrogens (primary N) is 1. The molecule has 1 unspecified atom stereocenters. The van der Waals surface area contributed by atoms with Crippen LogP contribution in [0.25, 0.3) is 0 Å². The standard InChI is InChI=1S/C13H12BrF2N3/c14-12-9(3-4-10(15)13(12)16)11(19-17)6-8-2-1-5-18-7-8/h1-5,7,11,19H,6,17H2. The molecule has 2 aromatic rings. The molecule has 1 heterocycles. The molecule has 0 fully saturated rings. The highest BCUT2D eigenvalue weighted by Gasteiger charge is 2.18. The molecule has 100 valence electrons. The van der Waals surface area contributed by atoms with Gasteiger partial charge in [-0.2, -0.15) is 0 Å². The first kappa shape index (κ1) is 14.0. The number of rotatable bonds is 4. The largest absolute Gasteiger partial charge is 0.271 e. The fourth-order valence-corrected chi connectivity index (χ4v) is 2.42. The van der Waals surface area contributed by atoms with Gasteiger partial charge < -0.3 is 0 Å². The van der Waals surface area contributed by atoms with Gasteiger partial charge in [0.2, 0.25) is 0 Å². The summed E-state index contributed by atoms with van der Waals surface area (Å²) >= 11 is 3.06. The molecule has 2 rings (SSSR count). The van der Waals surface area contributed by atoms with Crippen molar-refractivity contribution < 1.29 is 8.78 Å². The van der Waals surface area contributed by atoms with E-state index in [4.69, 9.17) is 5.84 Å². The molecule has 19 heavy (non-hydrogen) atoms. The second kappa shape index (κ2) is 6.18. The molecule has 3 N–H and O–H groups in total. The molecule has 3 nitrogen and oxygen atoms in total. The molecule has 6 heteroatoms. The number of nitrogens with zero attached hydrogens (tertiary/aromatic N) is 1. The number of hydrogen-bond donors (Lipinski definition) is 2. The van der Waals surface area contributed by atoms with Crippen molar-refractivity contribution in [3.05, 3.63) is 63.9 Å². The zero-order valence-electron chi connectivity index (χ0n) is 9.91. The molecule has 0 amide bonds. The number of pyridine rings is 1. The Morgan fingerprint density at radius 1 is 1.32 bits per heavy atom. The van der Waals surface area contributed by atoms with Crippen LogP contribution in [0, 0.1) is 11.6 Å². The minimum atomic E-state index is -0.913. The minimum Gasteiger partial charge on any atom is -0.271 e. The van der Waals surface area contributed by atoms with Gasteiger partial charge in [-0.1, -0.05) is 12.1 Å². The van der Waals surface area contributed by atoms with Crippen LogP contribution in [0.1, 0.15) is 17.2 Å². The maximum Gasteiger partial charge on any atom is 0.173 e. The van der Waals surface area contributed by atoms with Crippen LogP contribution in [-0.2, 0) is 6.42 Å². The number of hydrogen-bond acceptors (Lipinski definition) is 3. The Hall–Kier alpha value is -1.37. The van der Waals surface area contributed by atoms with Gasteiger partial charge in [0.1, 0.15) is 0 Å². The average molecular weight is 328 g/mol. The first-order valence-corrected chi connectivity index (χ1v) is 6.41. The molecule has 0 aliphatic rings. The van der Waals surface area contributed by atoms with E-state index < -0.39 is 11.6 Å². The van der Waals surface area contributed by atoms with E-state index in [9.17, 15) is 8.78 Å². The van der Waals surface area contributed by atoms with Gasteiger partial charge >= 0.3 is 0 Å². The molecule has 1 atom stereocenters. The third-order valence-corrected chi connectivity index (χ3v) is 3.61. The molecule has 0 aliphatic carbocycles. The summed E-state index contributed by atoms with van der Waals surface area (Å²) in [5, 5.41) is 0. The Labute approximate surface area is 117 Å². The van der Waals surface area contributed by atoms with E-state index >= 15 is 0 Å². The van der Waals surface area contributed by atoms with Crippen molar-refractivity contribution in [2.24, 2.45) is 5.84 Å². The monoisotopic (exact) mass is 327 g/mol. The van der Waals surface area contributed by atoms with Crippen molar-refractivity contribution in [2.45, 2.75) is 12.5 Å². The average Bonchev–Trinajstić information content (AvgIpc) is 2.44. The lowest BCUT2D eigenvalue weighted by molar-refractivity contribution is 0.491. The Kier molecular flexibility index (Phi) is 4.57. The lowest BCUT2D eigenvalue weighted by Gasteiger charge is -2.18. The molecular weight excluding hydrogens is 316 g/mol. The van der Waals surface area contributed by atoms with Crippen molar-refractivity contribution in [1.82, 2.24) is 10.4 Å². The third kappa shape index (κ3) is 3.15. The first-order valence-electron chi connectivity index (χ1n) is 5.62. The van der Waals surface area contributed by atoms with Crippen LogP contribution < -0.4 is 11.3 Å². The first-order chi connectivity index (χ1) is 9.13. The highest BCUT2D eigenvalue weighted by Crippen LogP contribution is 2.29. The third-order valence-electron chi connectivity index (χ3n) is 2.80. The Morgan fingerprint density at radius 2 is 2.11 bits per heavy atom. The normalized spacial score (nSPS) is 12.4. The van der Waals surface area contributed by atoms with Gasteiger partial charge in [-0.15, -0.1) is 0 Å². The van der Waals surface area contributed by atoms with Crippen molar-refractivity contribution >= 4 is 15.9 Å². The van der Waals surface area contributed by atoms with Crippen molar-refractivity contribution in [3.8, 4) is 0 Å². The molecule has 0 aliphatic heterocycles. The zero-order valence-corrected chi connectivity index (χ0v) is 11.5. The van der Waals surface area contributed by atoms with E-state index in [1.165, 1.54) is 6.07 Å². The highest BCUT2D eigenvalue weighted by molar-refractivity contribution is 9.10. The van der Waals surface area contributed by atoms with Gasteiger partial charge in [-0.05, 0) is 45.6 Å². The molecule has 1 aromatic heterocycles. The summed E-state index contributed by atoms with van der Waals surface area (Å²) in [6.07, 6.45) is 3.90. The molecule has 0 bridgehead atoms. The molecule has 1 aromatic carbocycles. The van der Waals surface area contributed by atoms with Crippen LogP contribution in [0.5, 0.6) is 0 Å². The number of halogens is 3. The quantitative estimate of drug-likeness (QED) is 0.515. The molecule has 0 spiro atoms. The van der Waals surface area contributed by atoms with E-state index in [1.54, 1.807) is 12.4 Å². The molecule has 0 radical (unpaired) electrons. The van der Waals surface area contributed by atoms with Crippen LogP contribution in [0.2, 0.25) is 0 Å². The van der Waals surface area contributed by atoms with Gasteiger partial charge in [-0.25, -0.2) is 8.78 Å². The van der Waals surface area contributed by atoms with Crippen molar-refractivity contribution in [2.75, 3.05) is 0 Å². The lowest BCUT2D eigenvalue weighted by Crippen LogP contribution is -2.30. The Balaban J connectivity index is 2.30. The summed E-state index contributed by atoms with van der Waals surface area (Å²) in [7, 11) is 0. The summed E-state index contributed by atoms with van der Waals surface area (Å²) in [6, 6.07) is 5.95. The van der Waals surface area contributed by atoms with Gasteiger partial charge in [-0.3, -0.25) is 16.3 Å². The molecular formula is C13H12BrF2N3. The predicted molar refractivity (Wildman–Crippen MR) is 72.1 cm³/mol. The van der Waals surface area contributed by atoms with Gasteiger partial charge in [0.05, 0.1) is 10.5 Å². The van der Waals surface area contributed by atoms with Crippen LogP contribution >= 0.6 is 15.9 Å². The second-order valence-electron chi connectivity index (χ2n) is 4.05. The van der Waals surface area contributed by atoms with E-state index in [2.05, 4.69) is 26.3 Å². The van der Waals surface area contributed by atoms with E-state index in [0.29, 0.717) is 12.0 Å². The van der Waals surface area contributed by atoms with Crippen molar-refractivity contribution in [3.63, 3.8) is 0 Å². The summed E-state index contributed by atoms with van der Waals surface area (Å²) in [6.45, 7) is 0. The summed E-state index contributed by atoms with van der Waals surface area (Å²) < 4.78 is 26.7. The smallest absolute Gasteiger partial charge is 0.173 e. The molecule has 0 saturated carbocycles. The van der Waals surface area contributed by atoms with Gasteiger partial charge in [0.15, 0.2) is 11.6 Å². The van der Waals surface area contributed by atoms with Crippen LogP contribution in [0.3, 0.4) is 0 Å². The SMILES string of the molecule is NNC(Cc1cccnc1)c1ccc(F)c(F)c1Br. The van der Waals surface area contributed by atoms with Gasteiger partial charge in [0, 0.05) is 12.4 Å². The number of nitrogens with one attached hydrogen (secondary N) is 1. The number of aromatic nitrogens is 1. The van der Waals surface area contributed by atoms with E-state index in [1.807, 2.05) is 12.1 Å². The van der Waals surface area contributed by atoms with Crippen LogP contribution in [0.15, 0.2) is 41.1 Å². The van der Waals surface area contributed by atoms with Crippen LogP contribution in [0.4, 0.5) is 8.78 Å². The summed E-state index contributed by atoms with van der Waals surface area (Å²) in [4.78, 5) is 4.01. The zero-order chi connectivity index (χ0) is 13.8. The summed E-state index contributed by atoms with van der Waals surface area (Å²) in [5.74, 6) is 3.69. The fraction of sp³-hybridized carbons (Fsp3) is 0.154.